The molecule has 0 heterocycles. The van der Waals surface area contributed by atoms with Crippen molar-refractivity contribution in [3.63, 3.8) is 0 Å². The summed E-state index contributed by atoms with van der Waals surface area (Å²) in [4.78, 5) is 12.2. The summed E-state index contributed by atoms with van der Waals surface area (Å²) in [6.45, 7) is 4.66. The lowest BCUT2D eigenvalue weighted by Crippen LogP contribution is -2.15. The minimum absolute atomic E-state index is 0.0432. The lowest BCUT2D eigenvalue weighted by molar-refractivity contribution is 0.0319. The molecule has 1 atom stereocenters. The number of hydrogen-bond donors (Lipinski definition) is 0. The van der Waals surface area contributed by atoms with E-state index in [4.69, 9.17) is 9.47 Å². The SMILES string of the molecule is CCCCCCC(C)OC(=O)c1ccc(OCc2ccccc2)cc1. The lowest BCUT2D eigenvalue weighted by atomic mass is 10.1. The molecule has 2 aromatic rings. The normalized spacial score (nSPS) is 11.8. The van der Waals surface area contributed by atoms with Gasteiger partial charge < -0.3 is 9.47 Å². The van der Waals surface area contributed by atoms with E-state index in [1.54, 1.807) is 12.1 Å². The van der Waals surface area contributed by atoms with Crippen LogP contribution in [-0.4, -0.2) is 12.1 Å². The van der Waals surface area contributed by atoms with Crippen molar-refractivity contribution in [1.29, 1.82) is 0 Å². The highest BCUT2D eigenvalue weighted by molar-refractivity contribution is 5.89. The molecule has 134 valence electrons. The fourth-order valence-electron chi connectivity index (χ4n) is 2.60. The molecule has 25 heavy (non-hydrogen) atoms. The predicted octanol–water partition coefficient (Wildman–Crippen LogP) is 5.78. The molecule has 0 aliphatic rings. The lowest BCUT2D eigenvalue weighted by Gasteiger charge is -2.13. The first kappa shape index (κ1) is 19.0. The first-order valence-electron chi connectivity index (χ1n) is 9.17. The van der Waals surface area contributed by atoms with E-state index < -0.39 is 0 Å². The third kappa shape index (κ3) is 7.00. The highest BCUT2D eigenvalue weighted by Crippen LogP contribution is 2.16. The molecule has 0 aromatic heterocycles. The molecule has 0 saturated carbocycles. The van der Waals surface area contributed by atoms with Crippen LogP contribution in [0.3, 0.4) is 0 Å². The summed E-state index contributed by atoms with van der Waals surface area (Å²) in [5.74, 6) is 0.477. The van der Waals surface area contributed by atoms with Gasteiger partial charge in [-0.2, -0.15) is 0 Å². The first-order valence-corrected chi connectivity index (χ1v) is 9.17. The van der Waals surface area contributed by atoms with E-state index in [1.807, 2.05) is 49.4 Å². The van der Waals surface area contributed by atoms with Gasteiger partial charge >= 0.3 is 5.97 Å². The van der Waals surface area contributed by atoms with Gasteiger partial charge in [-0.05, 0) is 49.6 Å². The summed E-state index contributed by atoms with van der Waals surface area (Å²) < 4.78 is 11.2. The zero-order valence-electron chi connectivity index (χ0n) is 15.2. The Balaban J connectivity index is 1.77. The van der Waals surface area contributed by atoms with Crippen LogP contribution in [-0.2, 0) is 11.3 Å². The average molecular weight is 340 g/mol. The van der Waals surface area contributed by atoms with E-state index in [9.17, 15) is 4.79 Å². The average Bonchev–Trinajstić information content (AvgIpc) is 2.65. The highest BCUT2D eigenvalue weighted by Gasteiger charge is 2.12. The molecule has 0 radical (unpaired) electrons. The van der Waals surface area contributed by atoms with Gasteiger partial charge in [0, 0.05) is 0 Å². The summed E-state index contributed by atoms with van der Waals surface area (Å²) >= 11 is 0. The van der Waals surface area contributed by atoms with Gasteiger partial charge in [0.25, 0.3) is 0 Å². The van der Waals surface area contributed by atoms with E-state index in [2.05, 4.69) is 6.92 Å². The Morgan fingerprint density at radius 3 is 2.36 bits per heavy atom. The molecule has 2 aromatic carbocycles. The Morgan fingerprint density at radius 2 is 1.68 bits per heavy atom. The van der Waals surface area contributed by atoms with Crippen molar-refractivity contribution >= 4 is 5.97 Å². The van der Waals surface area contributed by atoms with Gasteiger partial charge in [-0.25, -0.2) is 4.79 Å². The van der Waals surface area contributed by atoms with Crippen LogP contribution in [0.15, 0.2) is 54.6 Å². The van der Waals surface area contributed by atoms with Crippen molar-refractivity contribution in [2.45, 2.75) is 58.7 Å². The number of benzene rings is 2. The second-order valence-corrected chi connectivity index (χ2v) is 6.36. The van der Waals surface area contributed by atoms with Gasteiger partial charge in [-0.1, -0.05) is 56.5 Å². The number of hydrogen-bond acceptors (Lipinski definition) is 3. The maximum Gasteiger partial charge on any atom is 0.338 e. The molecule has 0 aliphatic heterocycles. The van der Waals surface area contributed by atoms with Crippen LogP contribution in [0.25, 0.3) is 0 Å². The van der Waals surface area contributed by atoms with Crippen molar-refractivity contribution in [3.8, 4) is 5.75 Å². The highest BCUT2D eigenvalue weighted by atomic mass is 16.5. The molecule has 0 amide bonds. The van der Waals surface area contributed by atoms with E-state index in [-0.39, 0.29) is 12.1 Å². The van der Waals surface area contributed by atoms with Crippen molar-refractivity contribution < 1.29 is 14.3 Å². The number of rotatable bonds is 10. The second kappa shape index (κ2) is 10.5. The molecule has 0 fully saturated rings. The number of esters is 1. The fourth-order valence-corrected chi connectivity index (χ4v) is 2.60. The zero-order chi connectivity index (χ0) is 17.9. The predicted molar refractivity (Wildman–Crippen MR) is 101 cm³/mol. The van der Waals surface area contributed by atoms with Crippen molar-refractivity contribution in [2.75, 3.05) is 0 Å². The summed E-state index contributed by atoms with van der Waals surface area (Å²) in [5, 5.41) is 0. The molecular formula is C22H28O3. The molecule has 3 nitrogen and oxygen atoms in total. The Hall–Kier alpha value is -2.29. The molecular weight excluding hydrogens is 312 g/mol. The molecule has 3 heteroatoms. The molecule has 0 aliphatic carbocycles. The van der Waals surface area contributed by atoms with Crippen LogP contribution in [0.4, 0.5) is 0 Å². The van der Waals surface area contributed by atoms with Crippen LogP contribution < -0.4 is 4.74 Å². The number of ether oxygens (including phenoxy) is 2. The minimum atomic E-state index is -0.266. The summed E-state index contributed by atoms with van der Waals surface area (Å²) in [5.41, 5.74) is 1.68. The van der Waals surface area contributed by atoms with E-state index in [0.717, 1.165) is 24.2 Å². The van der Waals surface area contributed by atoms with Crippen LogP contribution in [0.1, 0.15) is 61.9 Å². The van der Waals surface area contributed by atoms with Gasteiger partial charge in [0.1, 0.15) is 12.4 Å². The van der Waals surface area contributed by atoms with Gasteiger partial charge in [-0.3, -0.25) is 0 Å². The standard InChI is InChI=1S/C22H28O3/c1-3-4-5-7-10-18(2)25-22(23)20-13-15-21(16-14-20)24-17-19-11-8-6-9-12-19/h6,8-9,11-16,18H,3-5,7,10,17H2,1-2H3. The Bertz CT molecular complexity index is 619. The summed E-state index contributed by atoms with van der Waals surface area (Å²) in [7, 11) is 0. The number of unbranched alkanes of at least 4 members (excludes halogenated alkanes) is 3. The maximum atomic E-state index is 12.2. The smallest absolute Gasteiger partial charge is 0.338 e. The van der Waals surface area contributed by atoms with Gasteiger partial charge in [0.15, 0.2) is 0 Å². The minimum Gasteiger partial charge on any atom is -0.489 e. The molecule has 0 bridgehead atoms. The molecule has 1 unspecified atom stereocenters. The van der Waals surface area contributed by atoms with E-state index in [0.29, 0.717) is 12.2 Å². The fraction of sp³-hybridized carbons (Fsp3) is 0.409. The third-order valence-corrected chi connectivity index (χ3v) is 4.11. The van der Waals surface area contributed by atoms with Gasteiger partial charge in [0.05, 0.1) is 11.7 Å². The summed E-state index contributed by atoms with van der Waals surface area (Å²) in [6, 6.07) is 17.1. The second-order valence-electron chi connectivity index (χ2n) is 6.36. The topological polar surface area (TPSA) is 35.5 Å². The molecule has 2 rings (SSSR count). The van der Waals surface area contributed by atoms with Crippen LogP contribution >= 0.6 is 0 Å². The number of carbonyl (C=O) groups excluding carboxylic acids is 1. The quantitative estimate of drug-likeness (QED) is 0.406. The Kier molecular flexibility index (Phi) is 8.03. The maximum absolute atomic E-state index is 12.2. The molecule has 0 saturated heterocycles. The van der Waals surface area contributed by atoms with E-state index in [1.165, 1.54) is 19.3 Å². The number of carbonyl (C=O) groups is 1. The molecule has 0 N–H and O–H groups in total. The largest absolute Gasteiger partial charge is 0.489 e. The van der Waals surface area contributed by atoms with Crippen molar-refractivity contribution in [2.24, 2.45) is 0 Å². The Labute approximate surface area is 151 Å². The van der Waals surface area contributed by atoms with Crippen LogP contribution in [0, 0.1) is 0 Å². The monoisotopic (exact) mass is 340 g/mol. The van der Waals surface area contributed by atoms with Gasteiger partial charge in [0.2, 0.25) is 0 Å². The Morgan fingerprint density at radius 1 is 0.960 bits per heavy atom. The van der Waals surface area contributed by atoms with E-state index >= 15 is 0 Å². The van der Waals surface area contributed by atoms with Gasteiger partial charge in [-0.15, -0.1) is 0 Å². The zero-order valence-corrected chi connectivity index (χ0v) is 15.2. The van der Waals surface area contributed by atoms with Crippen molar-refractivity contribution in [3.05, 3.63) is 65.7 Å². The molecule has 0 spiro atoms. The van der Waals surface area contributed by atoms with Crippen LogP contribution in [0.2, 0.25) is 0 Å². The third-order valence-electron chi connectivity index (χ3n) is 4.11. The summed E-state index contributed by atoms with van der Waals surface area (Å²) in [6.07, 6.45) is 5.64. The first-order chi connectivity index (χ1) is 12.2. The van der Waals surface area contributed by atoms with Crippen LogP contribution in [0.5, 0.6) is 5.75 Å². The van der Waals surface area contributed by atoms with Crippen molar-refractivity contribution in [1.82, 2.24) is 0 Å².